The highest BCUT2D eigenvalue weighted by Crippen LogP contribution is 2.51. The minimum Gasteiger partial charge on any atom is -0.453 e. The van der Waals surface area contributed by atoms with E-state index in [2.05, 4.69) is 69.1 Å². The highest BCUT2D eigenvalue weighted by molar-refractivity contribution is 5.90. The molecule has 0 spiro atoms. The number of ether oxygens (including phenoxy) is 2. The molecule has 300 valence electrons. The second kappa shape index (κ2) is 15.0. The van der Waals surface area contributed by atoms with Crippen molar-refractivity contribution in [2.45, 2.75) is 102 Å². The van der Waals surface area contributed by atoms with Gasteiger partial charge >= 0.3 is 12.2 Å². The summed E-state index contributed by atoms with van der Waals surface area (Å²) in [6, 6.07) is 15.9. The summed E-state index contributed by atoms with van der Waals surface area (Å²) in [5.41, 5.74) is 4.74. The zero-order valence-electron chi connectivity index (χ0n) is 33.4. The molecule has 4 aliphatic rings. The van der Waals surface area contributed by atoms with Crippen LogP contribution in [0.4, 0.5) is 9.59 Å². The zero-order valence-corrected chi connectivity index (χ0v) is 33.4. The van der Waals surface area contributed by atoms with E-state index in [1.54, 1.807) is 13.8 Å². The number of benzene rings is 2. The van der Waals surface area contributed by atoms with Crippen molar-refractivity contribution in [3.8, 4) is 33.6 Å². The Morgan fingerprint density at radius 1 is 0.702 bits per heavy atom. The van der Waals surface area contributed by atoms with E-state index >= 15 is 0 Å². The van der Waals surface area contributed by atoms with Crippen molar-refractivity contribution < 1.29 is 28.7 Å². The molecule has 4 heterocycles. The van der Waals surface area contributed by atoms with Crippen molar-refractivity contribution >= 4 is 24.0 Å². The first-order chi connectivity index (χ1) is 27.4. The SMILES string of the molecule is COC(=O)N[C@H](C(=O)N1[C@@H]2CC[C@H](C2)[C@H]1c1ncc(-c2ccc(-c3ccc(-c4cnc([C@@H]5[C@@H]6CC[C@H](C6)N5C(=O)C(C)(C)NC(=O)OC)[nH]4)cc3)cc2)[nH]1)C(C)C. The number of fused-ring (bicyclic) bond motifs is 4. The van der Waals surface area contributed by atoms with Crippen LogP contribution in [0, 0.1) is 17.8 Å². The van der Waals surface area contributed by atoms with Crippen LogP contribution in [0.25, 0.3) is 33.6 Å². The third kappa shape index (κ3) is 7.03. The second-order valence-corrected chi connectivity index (χ2v) is 16.9. The number of carbonyl (C=O) groups is 4. The molecule has 2 aromatic carbocycles. The average molecular weight is 777 g/mol. The van der Waals surface area contributed by atoms with Gasteiger partial charge in [0.15, 0.2) is 0 Å². The molecule has 0 radical (unpaired) electrons. The number of piperidine rings is 2. The van der Waals surface area contributed by atoms with Gasteiger partial charge in [-0.3, -0.25) is 9.59 Å². The van der Waals surface area contributed by atoms with E-state index in [1.807, 2.05) is 36.0 Å². The second-order valence-electron chi connectivity index (χ2n) is 16.9. The number of hydrogen-bond donors (Lipinski definition) is 4. The topological polar surface area (TPSA) is 175 Å². The maximum atomic E-state index is 13.9. The Labute approximate surface area is 332 Å². The summed E-state index contributed by atoms with van der Waals surface area (Å²) in [5.74, 6) is 1.81. The number of imidazole rings is 2. The number of aromatic amines is 2. The smallest absolute Gasteiger partial charge is 0.407 e. The molecule has 4 amide bonds. The first kappa shape index (κ1) is 38.2. The van der Waals surface area contributed by atoms with E-state index in [0.29, 0.717) is 11.8 Å². The highest BCUT2D eigenvalue weighted by Gasteiger charge is 2.53. The van der Waals surface area contributed by atoms with E-state index < -0.39 is 23.8 Å². The van der Waals surface area contributed by atoms with Gasteiger partial charge in [0.1, 0.15) is 23.2 Å². The monoisotopic (exact) mass is 776 g/mol. The maximum Gasteiger partial charge on any atom is 0.407 e. The lowest BCUT2D eigenvalue weighted by Gasteiger charge is -2.39. The molecule has 2 saturated carbocycles. The van der Waals surface area contributed by atoms with Crippen molar-refractivity contribution in [2.24, 2.45) is 17.8 Å². The fourth-order valence-corrected chi connectivity index (χ4v) is 9.78. The largest absolute Gasteiger partial charge is 0.453 e. The van der Waals surface area contributed by atoms with E-state index in [1.165, 1.54) is 14.2 Å². The summed E-state index contributed by atoms with van der Waals surface area (Å²) >= 11 is 0. The van der Waals surface area contributed by atoms with E-state index in [0.717, 1.165) is 83.8 Å². The third-order valence-electron chi connectivity index (χ3n) is 12.7. The summed E-state index contributed by atoms with van der Waals surface area (Å²) in [6.07, 6.45) is 8.25. The van der Waals surface area contributed by atoms with Crippen molar-refractivity contribution in [3.05, 3.63) is 72.6 Å². The van der Waals surface area contributed by atoms with Crippen LogP contribution >= 0.6 is 0 Å². The lowest BCUT2D eigenvalue weighted by Crippen LogP contribution is -2.58. The number of nitrogens with zero attached hydrogens (tertiary/aromatic N) is 4. The maximum absolute atomic E-state index is 13.9. The lowest BCUT2D eigenvalue weighted by molar-refractivity contribution is -0.142. The van der Waals surface area contributed by atoms with Crippen LogP contribution < -0.4 is 10.6 Å². The average Bonchev–Trinajstić information content (AvgIpc) is 4.08. The predicted octanol–water partition coefficient (Wildman–Crippen LogP) is 6.75. The van der Waals surface area contributed by atoms with Crippen LogP contribution in [0.1, 0.15) is 90.0 Å². The summed E-state index contributed by atoms with van der Waals surface area (Å²) in [4.78, 5) is 72.3. The Morgan fingerprint density at radius 3 is 1.63 bits per heavy atom. The molecule has 2 aromatic heterocycles. The van der Waals surface area contributed by atoms with E-state index in [-0.39, 0.29) is 41.9 Å². The molecule has 4 aromatic rings. The van der Waals surface area contributed by atoms with Gasteiger partial charge in [-0.2, -0.15) is 0 Å². The Kier molecular flexibility index (Phi) is 10.1. The first-order valence-corrected chi connectivity index (χ1v) is 20.0. The van der Waals surface area contributed by atoms with Crippen LogP contribution in [0.5, 0.6) is 0 Å². The molecule has 4 N–H and O–H groups in total. The molecule has 2 saturated heterocycles. The van der Waals surface area contributed by atoms with Gasteiger partial charge in [-0.05, 0) is 92.4 Å². The number of likely N-dealkylation sites (tertiary alicyclic amines) is 2. The van der Waals surface area contributed by atoms with Crippen molar-refractivity contribution in [3.63, 3.8) is 0 Å². The quantitative estimate of drug-likeness (QED) is 0.137. The van der Waals surface area contributed by atoms with Gasteiger partial charge in [-0.15, -0.1) is 0 Å². The minimum absolute atomic E-state index is 0.0939. The van der Waals surface area contributed by atoms with Crippen LogP contribution in [0.2, 0.25) is 0 Å². The van der Waals surface area contributed by atoms with Gasteiger partial charge in [0, 0.05) is 12.1 Å². The number of nitrogens with one attached hydrogen (secondary N) is 4. The minimum atomic E-state index is -1.12. The highest BCUT2D eigenvalue weighted by atomic mass is 16.5. The molecule has 57 heavy (non-hydrogen) atoms. The molecule has 4 fully saturated rings. The number of aromatic nitrogens is 4. The van der Waals surface area contributed by atoms with Gasteiger partial charge in [0.2, 0.25) is 11.8 Å². The Hall–Kier alpha value is -5.66. The summed E-state index contributed by atoms with van der Waals surface area (Å²) in [5, 5.41) is 5.45. The number of hydrogen-bond acceptors (Lipinski definition) is 8. The number of carbonyl (C=O) groups excluding carboxylic acids is 4. The van der Waals surface area contributed by atoms with Crippen LogP contribution in [-0.4, -0.2) is 91.6 Å². The summed E-state index contributed by atoms with van der Waals surface area (Å²) in [6.45, 7) is 7.27. The Balaban J connectivity index is 0.951. The van der Waals surface area contributed by atoms with Crippen molar-refractivity contribution in [2.75, 3.05) is 14.2 Å². The van der Waals surface area contributed by atoms with Gasteiger partial charge in [-0.1, -0.05) is 62.4 Å². The molecule has 4 bridgehead atoms. The normalized spacial score (nSPS) is 24.2. The molecule has 14 heteroatoms. The molecular formula is C43H52N8O6. The number of rotatable bonds is 10. The van der Waals surface area contributed by atoms with Gasteiger partial charge in [0.25, 0.3) is 0 Å². The molecule has 7 atom stereocenters. The predicted molar refractivity (Wildman–Crippen MR) is 212 cm³/mol. The summed E-state index contributed by atoms with van der Waals surface area (Å²) in [7, 11) is 2.60. The van der Waals surface area contributed by atoms with E-state index in [9.17, 15) is 19.2 Å². The van der Waals surface area contributed by atoms with Crippen molar-refractivity contribution in [1.29, 1.82) is 0 Å². The number of methoxy groups -OCH3 is 2. The molecular weight excluding hydrogens is 725 g/mol. The molecule has 8 rings (SSSR count). The van der Waals surface area contributed by atoms with Crippen LogP contribution in [0.3, 0.4) is 0 Å². The van der Waals surface area contributed by atoms with E-state index in [4.69, 9.17) is 19.4 Å². The molecule has 14 nitrogen and oxygen atoms in total. The molecule has 2 aliphatic carbocycles. The van der Waals surface area contributed by atoms with Crippen LogP contribution in [-0.2, 0) is 19.1 Å². The Bertz CT molecular complexity index is 2140. The lowest BCUT2D eigenvalue weighted by atomic mass is 9.95. The molecule has 2 aliphatic heterocycles. The number of amides is 4. The van der Waals surface area contributed by atoms with Crippen molar-refractivity contribution in [1.82, 2.24) is 40.4 Å². The molecule has 0 unspecified atom stereocenters. The standard InChI is InChI=1S/C43H52N8O6/c1-23(2)34(48-41(54)56-5)39(52)50-30-17-15-28(19-30)35(50)37-44-21-32(46-37)26-11-7-24(8-12-26)25-9-13-27(14-10-25)33-22-45-38(47-33)36-29-16-18-31(20-29)51(36)40(53)43(3,4)49-42(55)57-6/h7-14,21-23,28-31,34-36H,15-20H2,1-6H3,(H,44,46)(H,45,47)(H,48,54)(H,49,55)/t28-,29-,30-,31-,34+,35+,36+/m1/s1. The first-order valence-electron chi connectivity index (χ1n) is 20.0. The fraction of sp³-hybridized carbons (Fsp3) is 0.488. The number of H-pyrrole nitrogens is 2. The zero-order chi connectivity index (χ0) is 40.2. The Morgan fingerprint density at radius 2 is 1.16 bits per heavy atom. The van der Waals surface area contributed by atoms with Gasteiger partial charge in [-0.25, -0.2) is 19.6 Å². The summed E-state index contributed by atoms with van der Waals surface area (Å²) < 4.78 is 9.59. The van der Waals surface area contributed by atoms with Crippen LogP contribution in [0.15, 0.2) is 60.9 Å². The third-order valence-corrected chi connectivity index (χ3v) is 12.7. The van der Waals surface area contributed by atoms with Gasteiger partial charge in [0.05, 0.1) is 50.1 Å². The number of alkyl carbamates (subject to hydrolysis) is 2. The fourth-order valence-electron chi connectivity index (χ4n) is 9.78. The van der Waals surface area contributed by atoms with Gasteiger partial charge < -0.3 is 39.9 Å².